The predicted octanol–water partition coefficient (Wildman–Crippen LogP) is 2.46. The Morgan fingerprint density at radius 3 is 2.39 bits per heavy atom. The molecule has 8 heteroatoms. The quantitative estimate of drug-likeness (QED) is 0.661. The fourth-order valence-corrected chi connectivity index (χ4v) is 3.97. The van der Waals surface area contributed by atoms with E-state index in [9.17, 15) is 4.79 Å². The summed E-state index contributed by atoms with van der Waals surface area (Å²) in [6.45, 7) is 4.89. The summed E-state index contributed by atoms with van der Waals surface area (Å²) < 4.78 is 10.6. The molecule has 8 nitrogen and oxygen atoms in total. The summed E-state index contributed by atoms with van der Waals surface area (Å²) in [6.07, 6.45) is 7.66. The third-order valence-corrected chi connectivity index (χ3v) is 5.76. The number of benzene rings is 1. The van der Waals surface area contributed by atoms with Gasteiger partial charge in [0.15, 0.2) is 11.5 Å². The van der Waals surface area contributed by atoms with Crippen LogP contribution in [-0.4, -0.2) is 74.3 Å². The van der Waals surface area contributed by atoms with Gasteiger partial charge in [0.25, 0.3) is 0 Å². The third-order valence-electron chi connectivity index (χ3n) is 5.76. The number of carbonyl (C=O) groups is 1. The van der Waals surface area contributed by atoms with Crippen LogP contribution in [0.4, 0.5) is 11.8 Å². The molecule has 0 N–H and O–H groups in total. The Morgan fingerprint density at radius 2 is 1.68 bits per heavy atom. The molecule has 4 rings (SSSR count). The Kier molecular flexibility index (Phi) is 6.54. The molecule has 0 aliphatic carbocycles. The SMILES string of the molecule is COc1ccc(/C=C/C(=O)N2CCN(c3ccnc(N4CCCC4)n3)CC2)cc1OC. The minimum atomic E-state index is 0.00915. The number of anilines is 2. The molecule has 0 bridgehead atoms. The van der Waals surface area contributed by atoms with Gasteiger partial charge in [-0.3, -0.25) is 4.79 Å². The van der Waals surface area contributed by atoms with Gasteiger partial charge in [0.1, 0.15) is 5.82 Å². The highest BCUT2D eigenvalue weighted by atomic mass is 16.5. The number of ether oxygens (including phenoxy) is 2. The van der Waals surface area contributed by atoms with Crippen LogP contribution < -0.4 is 19.3 Å². The lowest BCUT2D eigenvalue weighted by molar-refractivity contribution is -0.126. The summed E-state index contributed by atoms with van der Waals surface area (Å²) in [6, 6.07) is 7.54. The van der Waals surface area contributed by atoms with Crippen LogP contribution in [0.2, 0.25) is 0 Å². The normalized spacial score (nSPS) is 16.8. The first kappa shape index (κ1) is 21.0. The zero-order chi connectivity index (χ0) is 21.6. The Bertz CT molecular complexity index is 935. The molecule has 0 unspecified atom stereocenters. The molecule has 2 saturated heterocycles. The average Bonchev–Trinajstić information content (AvgIpc) is 3.37. The standard InChI is InChI=1S/C23H29N5O3/c1-30-19-7-5-18(17-20(19)31-2)6-8-22(29)27-15-13-26(14-16-27)21-9-10-24-23(25-21)28-11-3-4-12-28/h5-10,17H,3-4,11-16H2,1-2H3/b8-6+. The Morgan fingerprint density at radius 1 is 0.935 bits per heavy atom. The van der Waals surface area contributed by atoms with Gasteiger partial charge in [0.2, 0.25) is 11.9 Å². The van der Waals surface area contributed by atoms with Crippen molar-refractivity contribution in [2.45, 2.75) is 12.8 Å². The number of aromatic nitrogens is 2. The minimum absolute atomic E-state index is 0.00915. The van der Waals surface area contributed by atoms with Crippen LogP contribution in [0.15, 0.2) is 36.5 Å². The average molecular weight is 424 g/mol. The van der Waals surface area contributed by atoms with Crippen LogP contribution in [0.1, 0.15) is 18.4 Å². The van der Waals surface area contributed by atoms with Crippen LogP contribution in [0.5, 0.6) is 11.5 Å². The topological polar surface area (TPSA) is 71.0 Å². The Hall–Kier alpha value is -3.29. The van der Waals surface area contributed by atoms with Crippen LogP contribution in [0, 0.1) is 0 Å². The van der Waals surface area contributed by atoms with Crippen molar-refractivity contribution in [3.63, 3.8) is 0 Å². The summed E-state index contributed by atoms with van der Waals surface area (Å²) >= 11 is 0. The van der Waals surface area contributed by atoms with E-state index in [4.69, 9.17) is 14.5 Å². The van der Waals surface area contributed by atoms with E-state index in [0.717, 1.165) is 43.5 Å². The van der Waals surface area contributed by atoms with Crippen LogP contribution in [0.3, 0.4) is 0 Å². The first-order valence-electron chi connectivity index (χ1n) is 10.7. The summed E-state index contributed by atoms with van der Waals surface area (Å²) in [4.78, 5) is 28.2. The number of hydrogen-bond acceptors (Lipinski definition) is 7. The lowest BCUT2D eigenvalue weighted by atomic mass is 10.2. The van der Waals surface area contributed by atoms with Gasteiger partial charge in [-0.1, -0.05) is 6.07 Å². The molecule has 2 aromatic rings. The summed E-state index contributed by atoms with van der Waals surface area (Å²) in [5.74, 6) is 3.06. The molecule has 0 spiro atoms. The summed E-state index contributed by atoms with van der Waals surface area (Å²) in [5, 5.41) is 0. The number of nitrogens with zero attached hydrogens (tertiary/aromatic N) is 5. The van der Waals surface area contributed by atoms with E-state index in [-0.39, 0.29) is 5.91 Å². The van der Waals surface area contributed by atoms with Gasteiger partial charge in [0.05, 0.1) is 14.2 Å². The van der Waals surface area contributed by atoms with Gasteiger partial charge in [-0.05, 0) is 42.7 Å². The molecule has 2 aliphatic rings. The van der Waals surface area contributed by atoms with Crippen molar-refractivity contribution in [2.75, 3.05) is 63.3 Å². The number of methoxy groups -OCH3 is 2. The lowest BCUT2D eigenvalue weighted by Gasteiger charge is -2.35. The van der Waals surface area contributed by atoms with E-state index < -0.39 is 0 Å². The van der Waals surface area contributed by atoms with E-state index >= 15 is 0 Å². The second kappa shape index (κ2) is 9.68. The first-order chi connectivity index (χ1) is 15.2. The number of hydrogen-bond donors (Lipinski definition) is 0. The van der Waals surface area contributed by atoms with Gasteiger partial charge < -0.3 is 24.2 Å². The van der Waals surface area contributed by atoms with Crippen LogP contribution >= 0.6 is 0 Å². The second-order valence-electron chi connectivity index (χ2n) is 7.67. The van der Waals surface area contributed by atoms with E-state index in [1.807, 2.05) is 41.4 Å². The van der Waals surface area contributed by atoms with Crippen molar-refractivity contribution in [2.24, 2.45) is 0 Å². The monoisotopic (exact) mass is 423 g/mol. The molecular formula is C23H29N5O3. The highest BCUT2D eigenvalue weighted by Crippen LogP contribution is 2.28. The van der Waals surface area contributed by atoms with Crippen molar-refractivity contribution in [1.82, 2.24) is 14.9 Å². The third kappa shape index (κ3) is 4.90. The van der Waals surface area contributed by atoms with E-state index in [1.54, 1.807) is 20.3 Å². The smallest absolute Gasteiger partial charge is 0.246 e. The highest BCUT2D eigenvalue weighted by molar-refractivity contribution is 5.92. The fourth-order valence-electron chi connectivity index (χ4n) is 3.97. The van der Waals surface area contributed by atoms with Crippen molar-refractivity contribution < 1.29 is 14.3 Å². The van der Waals surface area contributed by atoms with Crippen molar-refractivity contribution in [1.29, 1.82) is 0 Å². The van der Waals surface area contributed by atoms with E-state index in [2.05, 4.69) is 14.8 Å². The summed E-state index contributed by atoms with van der Waals surface area (Å²) in [5.41, 5.74) is 0.889. The van der Waals surface area contributed by atoms with Crippen molar-refractivity contribution in [3.8, 4) is 11.5 Å². The molecule has 3 heterocycles. The van der Waals surface area contributed by atoms with E-state index in [0.29, 0.717) is 24.6 Å². The largest absolute Gasteiger partial charge is 0.493 e. The van der Waals surface area contributed by atoms with Crippen LogP contribution in [-0.2, 0) is 4.79 Å². The lowest BCUT2D eigenvalue weighted by Crippen LogP contribution is -2.48. The molecular weight excluding hydrogens is 394 g/mol. The summed E-state index contributed by atoms with van der Waals surface area (Å²) in [7, 11) is 3.20. The molecule has 2 fully saturated rings. The molecule has 1 aromatic carbocycles. The van der Waals surface area contributed by atoms with Gasteiger partial charge in [-0.25, -0.2) is 4.98 Å². The molecule has 1 aromatic heterocycles. The van der Waals surface area contributed by atoms with Gasteiger partial charge in [0, 0.05) is 51.5 Å². The minimum Gasteiger partial charge on any atom is -0.493 e. The van der Waals surface area contributed by atoms with Gasteiger partial charge in [-0.2, -0.15) is 4.98 Å². The molecule has 0 atom stereocenters. The zero-order valence-electron chi connectivity index (χ0n) is 18.2. The van der Waals surface area contributed by atoms with Crippen LogP contribution in [0.25, 0.3) is 6.08 Å². The molecule has 31 heavy (non-hydrogen) atoms. The maximum Gasteiger partial charge on any atom is 0.246 e. The van der Waals surface area contributed by atoms with Gasteiger partial charge >= 0.3 is 0 Å². The number of piperazine rings is 1. The van der Waals surface area contributed by atoms with E-state index in [1.165, 1.54) is 12.8 Å². The molecule has 164 valence electrons. The molecule has 0 saturated carbocycles. The van der Waals surface area contributed by atoms with Crippen molar-refractivity contribution in [3.05, 3.63) is 42.1 Å². The zero-order valence-corrected chi connectivity index (χ0v) is 18.2. The first-order valence-corrected chi connectivity index (χ1v) is 10.7. The maximum atomic E-state index is 12.7. The molecule has 2 aliphatic heterocycles. The van der Waals surface area contributed by atoms with Crippen molar-refractivity contribution >= 4 is 23.7 Å². The Labute approximate surface area is 183 Å². The molecule has 1 amide bonds. The highest BCUT2D eigenvalue weighted by Gasteiger charge is 2.22. The Balaban J connectivity index is 1.34. The maximum absolute atomic E-state index is 12.7. The fraction of sp³-hybridized carbons (Fsp3) is 0.435. The number of carbonyl (C=O) groups excluding carboxylic acids is 1. The predicted molar refractivity (Wildman–Crippen MR) is 121 cm³/mol. The number of rotatable bonds is 6. The number of amides is 1. The van der Waals surface area contributed by atoms with Gasteiger partial charge in [-0.15, -0.1) is 0 Å². The molecule has 0 radical (unpaired) electrons. The second-order valence-corrected chi connectivity index (χ2v) is 7.67.